The number of hydrogen-bond acceptors (Lipinski definition) is 3. The van der Waals surface area contributed by atoms with Crippen molar-refractivity contribution in [1.82, 2.24) is 9.97 Å². The van der Waals surface area contributed by atoms with Crippen LogP contribution in [0, 0.1) is 18.2 Å². The van der Waals surface area contributed by atoms with Gasteiger partial charge in [-0.2, -0.15) is 13.2 Å². The minimum Gasteiger partial charge on any atom is -0.364 e. The van der Waals surface area contributed by atoms with Crippen LogP contribution in [0.3, 0.4) is 0 Å². The molecule has 176 valence electrons. The van der Waals surface area contributed by atoms with Crippen LogP contribution in [0.25, 0.3) is 10.9 Å². The van der Waals surface area contributed by atoms with Crippen LogP contribution in [-0.2, 0) is 0 Å². The fraction of sp³-hybridized carbons (Fsp3) is 0.348. The Labute approximate surface area is 192 Å². The molecule has 33 heavy (non-hydrogen) atoms. The maximum Gasteiger partial charge on any atom is 0.394 e. The lowest BCUT2D eigenvalue weighted by Crippen LogP contribution is -2.32. The highest BCUT2D eigenvalue weighted by Crippen LogP contribution is 2.54. The Morgan fingerprint density at radius 2 is 2.00 bits per heavy atom. The number of nitrogens with two attached hydrogens (primary N) is 1. The van der Waals surface area contributed by atoms with E-state index in [9.17, 15) is 27.2 Å². The minimum absolute atomic E-state index is 0.0180. The number of nitrogens with one attached hydrogen (secondary N) is 1. The van der Waals surface area contributed by atoms with E-state index in [1.165, 1.54) is 31.3 Å². The molecule has 1 aliphatic rings. The summed E-state index contributed by atoms with van der Waals surface area (Å²) in [5.41, 5.74) is 4.42. The molecule has 3 aromatic rings. The third-order valence-electron chi connectivity index (χ3n) is 6.01. The molecule has 1 amide bonds. The smallest absolute Gasteiger partial charge is 0.364 e. The van der Waals surface area contributed by atoms with Crippen molar-refractivity contribution >= 4 is 28.4 Å². The lowest BCUT2D eigenvalue weighted by Gasteiger charge is -2.27. The number of primary amides is 1. The van der Waals surface area contributed by atoms with Crippen LogP contribution in [0.15, 0.2) is 41.3 Å². The van der Waals surface area contributed by atoms with Crippen LogP contribution in [-0.4, -0.2) is 22.1 Å². The van der Waals surface area contributed by atoms with Gasteiger partial charge in [-0.1, -0.05) is 30.7 Å². The number of amides is 1. The van der Waals surface area contributed by atoms with Gasteiger partial charge in [-0.3, -0.25) is 14.6 Å². The first kappa shape index (κ1) is 24.7. The van der Waals surface area contributed by atoms with Gasteiger partial charge in [-0.15, -0.1) is 0 Å². The van der Waals surface area contributed by atoms with Gasteiger partial charge in [0.15, 0.2) is 5.43 Å². The van der Waals surface area contributed by atoms with Crippen LogP contribution in [0.4, 0.5) is 17.6 Å². The molecule has 1 saturated carbocycles. The van der Waals surface area contributed by atoms with E-state index in [2.05, 4.69) is 9.97 Å². The Balaban J connectivity index is 0.000000286. The number of aromatic amines is 1. The Morgan fingerprint density at radius 3 is 2.55 bits per heavy atom. The number of alkyl halides is 3. The van der Waals surface area contributed by atoms with Crippen LogP contribution in [0.5, 0.6) is 0 Å². The van der Waals surface area contributed by atoms with Gasteiger partial charge in [0.05, 0.1) is 21.3 Å². The van der Waals surface area contributed by atoms with Crippen molar-refractivity contribution in [2.24, 2.45) is 11.1 Å². The first-order chi connectivity index (χ1) is 15.3. The molecule has 5 nitrogen and oxygen atoms in total. The molecular weight excluding hydrogens is 462 g/mol. The van der Waals surface area contributed by atoms with E-state index in [1.807, 2.05) is 0 Å². The molecule has 10 heteroatoms. The van der Waals surface area contributed by atoms with Gasteiger partial charge in [0, 0.05) is 18.0 Å². The quantitative estimate of drug-likeness (QED) is 0.462. The number of aromatic nitrogens is 2. The van der Waals surface area contributed by atoms with Crippen molar-refractivity contribution < 1.29 is 22.4 Å². The summed E-state index contributed by atoms with van der Waals surface area (Å²) in [6, 6.07) is 7.51. The SMILES string of the molecule is C[C@@]1(C(F)(F)F)CCC(c2cc(=O)c3c(C(N)=O)nccc3[nH]2)C1.Cc1cccc(F)c1Cl. The third-order valence-corrected chi connectivity index (χ3v) is 6.49. The predicted molar refractivity (Wildman–Crippen MR) is 118 cm³/mol. The number of hydrogen-bond donors (Lipinski definition) is 2. The van der Waals surface area contributed by atoms with E-state index in [0.717, 1.165) is 5.56 Å². The number of H-pyrrole nitrogens is 1. The van der Waals surface area contributed by atoms with Crippen LogP contribution < -0.4 is 11.2 Å². The number of benzene rings is 1. The van der Waals surface area contributed by atoms with Gasteiger partial charge in [0.2, 0.25) is 0 Å². The number of halogens is 5. The van der Waals surface area contributed by atoms with Gasteiger partial charge in [0.25, 0.3) is 5.91 Å². The highest BCUT2D eigenvalue weighted by Gasteiger charge is 2.54. The van der Waals surface area contributed by atoms with Crippen molar-refractivity contribution in [3.8, 4) is 0 Å². The summed E-state index contributed by atoms with van der Waals surface area (Å²) < 4.78 is 52.0. The number of aryl methyl sites for hydroxylation is 1. The van der Waals surface area contributed by atoms with E-state index < -0.39 is 22.9 Å². The number of pyridine rings is 2. The summed E-state index contributed by atoms with van der Waals surface area (Å²) in [6.45, 7) is 2.98. The van der Waals surface area contributed by atoms with Gasteiger partial charge >= 0.3 is 6.18 Å². The molecule has 2 atom stereocenters. The zero-order chi connectivity index (χ0) is 24.6. The summed E-state index contributed by atoms with van der Waals surface area (Å²) in [7, 11) is 0. The second kappa shape index (κ2) is 9.13. The number of carbonyl (C=O) groups is 1. The van der Waals surface area contributed by atoms with E-state index in [1.54, 1.807) is 19.1 Å². The van der Waals surface area contributed by atoms with Crippen molar-refractivity contribution in [2.45, 2.75) is 45.2 Å². The average Bonchev–Trinajstić information content (AvgIpc) is 3.15. The molecule has 2 heterocycles. The van der Waals surface area contributed by atoms with E-state index >= 15 is 0 Å². The molecule has 0 spiro atoms. The maximum atomic E-state index is 13.2. The van der Waals surface area contributed by atoms with Crippen LogP contribution >= 0.6 is 11.6 Å². The van der Waals surface area contributed by atoms with E-state index in [0.29, 0.717) is 17.6 Å². The number of fused-ring (bicyclic) bond motifs is 1. The van der Waals surface area contributed by atoms with Crippen molar-refractivity contribution in [3.05, 3.63) is 74.5 Å². The number of carbonyl (C=O) groups excluding carboxylic acids is 1. The third kappa shape index (κ3) is 5.03. The highest BCUT2D eigenvalue weighted by atomic mass is 35.5. The normalized spacial score (nSPS) is 20.4. The zero-order valence-electron chi connectivity index (χ0n) is 17.9. The molecule has 0 aliphatic heterocycles. The summed E-state index contributed by atoms with van der Waals surface area (Å²) in [4.78, 5) is 30.5. The second-order valence-electron chi connectivity index (χ2n) is 8.40. The van der Waals surface area contributed by atoms with Crippen LogP contribution in [0.1, 0.15) is 53.8 Å². The zero-order valence-corrected chi connectivity index (χ0v) is 18.6. The second-order valence-corrected chi connectivity index (χ2v) is 8.78. The molecule has 0 radical (unpaired) electrons. The Morgan fingerprint density at radius 1 is 1.30 bits per heavy atom. The molecule has 1 aliphatic carbocycles. The molecule has 1 aromatic carbocycles. The summed E-state index contributed by atoms with van der Waals surface area (Å²) >= 11 is 5.50. The Kier molecular flexibility index (Phi) is 6.83. The number of rotatable bonds is 2. The molecule has 1 fully saturated rings. The first-order valence-corrected chi connectivity index (χ1v) is 10.5. The molecule has 0 saturated heterocycles. The van der Waals surface area contributed by atoms with Crippen molar-refractivity contribution in [3.63, 3.8) is 0 Å². The van der Waals surface area contributed by atoms with Gasteiger partial charge in [-0.25, -0.2) is 4.39 Å². The first-order valence-electron chi connectivity index (χ1n) is 10.1. The minimum atomic E-state index is -4.28. The molecule has 1 unspecified atom stereocenters. The standard InChI is InChI=1S/C16H16F3N3O2.C7H6ClF/c1-15(16(17,18)19)4-2-8(7-15)10-6-11(23)12-9(22-10)3-5-21-13(12)14(20)24;1-5-3-2-4-6(9)7(5)8/h3,5-6,8H,2,4,7H2,1H3,(H2,20,24)(H,22,23);2-4H,1H3/t8?,15-;/m1./s1. The van der Waals surface area contributed by atoms with Crippen molar-refractivity contribution in [1.29, 1.82) is 0 Å². The lowest BCUT2D eigenvalue weighted by molar-refractivity contribution is -0.215. The predicted octanol–water partition coefficient (Wildman–Crippen LogP) is 5.65. The van der Waals surface area contributed by atoms with E-state index in [-0.39, 0.29) is 40.7 Å². The maximum absolute atomic E-state index is 13.2. The van der Waals surface area contributed by atoms with Gasteiger partial charge < -0.3 is 10.7 Å². The molecule has 0 bridgehead atoms. The van der Waals surface area contributed by atoms with E-state index in [4.69, 9.17) is 17.3 Å². The monoisotopic (exact) mass is 483 g/mol. The average molecular weight is 484 g/mol. The molecule has 4 rings (SSSR count). The Hall–Kier alpha value is -2.94. The molecule has 3 N–H and O–H groups in total. The molecular formula is C23H22ClF4N3O2. The number of nitrogens with zero attached hydrogens (tertiary/aromatic N) is 1. The van der Waals surface area contributed by atoms with Gasteiger partial charge in [0.1, 0.15) is 11.5 Å². The topological polar surface area (TPSA) is 88.8 Å². The fourth-order valence-electron chi connectivity index (χ4n) is 4.00. The van der Waals surface area contributed by atoms with Crippen molar-refractivity contribution in [2.75, 3.05) is 0 Å². The largest absolute Gasteiger partial charge is 0.394 e. The van der Waals surface area contributed by atoms with Crippen LogP contribution in [0.2, 0.25) is 5.02 Å². The lowest BCUT2D eigenvalue weighted by atomic mass is 9.86. The highest BCUT2D eigenvalue weighted by molar-refractivity contribution is 6.31. The summed E-state index contributed by atoms with van der Waals surface area (Å²) in [6.07, 6.45) is -2.67. The van der Waals surface area contributed by atoms with Gasteiger partial charge in [-0.05, 0) is 49.8 Å². The summed E-state index contributed by atoms with van der Waals surface area (Å²) in [5.74, 6) is -1.57. The summed E-state index contributed by atoms with van der Waals surface area (Å²) in [5, 5.41) is 0.280. The fourth-order valence-corrected chi connectivity index (χ4v) is 4.13. The molecule has 2 aromatic heterocycles. The Bertz CT molecular complexity index is 1240.